The largest absolute Gasteiger partial charge is 0.334 e. The molecular weight excluding hydrogens is 689 g/mol. The van der Waals surface area contributed by atoms with Crippen molar-refractivity contribution in [1.82, 2.24) is 0 Å². The van der Waals surface area contributed by atoms with Gasteiger partial charge in [0.25, 0.3) is 0 Å². The van der Waals surface area contributed by atoms with E-state index in [0.717, 1.165) is 6.42 Å². The summed E-state index contributed by atoms with van der Waals surface area (Å²) in [6.07, 6.45) is 5.69. The summed E-state index contributed by atoms with van der Waals surface area (Å²) in [5.41, 5.74) is 19.9. The Bertz CT molecular complexity index is 2450. The minimum absolute atomic E-state index is 0.00743. The normalized spacial score (nSPS) is 28.1. The molecule has 2 heteroatoms. The van der Waals surface area contributed by atoms with Crippen molar-refractivity contribution in [3.8, 4) is 33.4 Å². The van der Waals surface area contributed by atoms with Crippen LogP contribution in [-0.4, -0.2) is 11.1 Å². The molecule has 4 unspecified atom stereocenters. The van der Waals surface area contributed by atoms with Gasteiger partial charge >= 0.3 is 0 Å². The van der Waals surface area contributed by atoms with Crippen LogP contribution in [0.15, 0.2) is 133 Å². The molecule has 57 heavy (non-hydrogen) atoms. The van der Waals surface area contributed by atoms with Crippen molar-refractivity contribution in [2.45, 2.75) is 109 Å². The van der Waals surface area contributed by atoms with Crippen molar-refractivity contribution < 1.29 is 0 Å². The number of para-hydroxylation sites is 2. The molecule has 11 rings (SSSR count). The molecule has 6 aromatic rings. The number of anilines is 4. The molecule has 4 atom stereocenters. The monoisotopic (exact) mass is 744 g/mol. The summed E-state index contributed by atoms with van der Waals surface area (Å²) in [5, 5.41) is 0. The van der Waals surface area contributed by atoms with Crippen molar-refractivity contribution in [2.75, 3.05) is 9.80 Å². The second kappa shape index (κ2) is 11.3. The summed E-state index contributed by atoms with van der Waals surface area (Å²) in [4.78, 5) is 5.35. The highest BCUT2D eigenvalue weighted by atomic mass is 15.3. The van der Waals surface area contributed by atoms with Gasteiger partial charge in [0.05, 0.1) is 11.1 Å². The van der Waals surface area contributed by atoms with Crippen molar-refractivity contribution in [3.05, 3.63) is 156 Å². The van der Waals surface area contributed by atoms with E-state index in [4.69, 9.17) is 0 Å². The summed E-state index contributed by atoms with van der Waals surface area (Å²) < 4.78 is 0. The SMILES string of the molecule is CC1(C)CC2(C)c3cc(-c4ccc5c(c4)-c4cc(-c6ccc7c(c6)C6(C)CC(C)(C)CC6(C)N7c6ccccc6)ccc4C5)ccc3N(c3ccccc3)C2(C)C1. The third kappa shape index (κ3) is 4.71. The van der Waals surface area contributed by atoms with E-state index >= 15 is 0 Å². The van der Waals surface area contributed by atoms with Gasteiger partial charge in [-0.15, -0.1) is 0 Å². The van der Waals surface area contributed by atoms with Gasteiger partial charge in [0, 0.05) is 33.6 Å². The Kier molecular flexibility index (Phi) is 6.97. The van der Waals surface area contributed by atoms with Crippen LogP contribution in [0, 0.1) is 10.8 Å². The Morgan fingerprint density at radius 1 is 0.386 bits per heavy atom. The number of hydrogen-bond acceptors (Lipinski definition) is 2. The Balaban J connectivity index is 0.981. The van der Waals surface area contributed by atoms with E-state index in [1.54, 1.807) is 0 Å². The zero-order chi connectivity index (χ0) is 39.3. The van der Waals surface area contributed by atoms with Gasteiger partial charge in [-0.25, -0.2) is 0 Å². The maximum absolute atomic E-state index is 2.67. The number of benzene rings is 6. The zero-order valence-electron chi connectivity index (χ0n) is 35.1. The number of fused-ring (bicyclic) bond motifs is 9. The van der Waals surface area contributed by atoms with Gasteiger partial charge in [0.15, 0.2) is 0 Å². The van der Waals surface area contributed by atoms with Crippen LogP contribution < -0.4 is 9.80 Å². The van der Waals surface area contributed by atoms with E-state index in [2.05, 4.69) is 199 Å². The Hall–Kier alpha value is -5.08. The van der Waals surface area contributed by atoms with E-state index < -0.39 is 0 Å². The molecular formula is C55H56N2. The fraction of sp³-hybridized carbons (Fsp3) is 0.345. The predicted molar refractivity (Wildman–Crippen MR) is 240 cm³/mol. The number of hydrogen-bond donors (Lipinski definition) is 0. The summed E-state index contributed by atoms with van der Waals surface area (Å²) in [6, 6.07) is 51.4. The molecule has 2 fully saturated rings. The van der Waals surface area contributed by atoms with E-state index in [1.807, 2.05) is 0 Å². The van der Waals surface area contributed by atoms with Crippen molar-refractivity contribution >= 4 is 22.7 Å². The lowest BCUT2D eigenvalue weighted by Crippen LogP contribution is -2.49. The first-order valence-electron chi connectivity index (χ1n) is 21.4. The highest BCUT2D eigenvalue weighted by Gasteiger charge is 2.65. The molecule has 0 spiro atoms. The third-order valence-corrected chi connectivity index (χ3v) is 15.9. The minimum Gasteiger partial charge on any atom is -0.334 e. The molecule has 2 nitrogen and oxygen atoms in total. The fourth-order valence-corrected chi connectivity index (χ4v) is 13.9. The van der Waals surface area contributed by atoms with Crippen LogP contribution >= 0.6 is 0 Å². The molecule has 0 radical (unpaired) electrons. The lowest BCUT2D eigenvalue weighted by molar-refractivity contribution is 0.330. The Morgan fingerprint density at radius 3 is 1.16 bits per heavy atom. The standard InChI is InChI=1S/C55H56N2/c1-50(2)32-52(5)46-30-38(23-25-48(46)56(54(52,7)34-50)42-15-11-9-12-16-42)36-19-21-40-27-41-22-20-37(29-45(41)44(40)28-36)39-24-26-49-47(31-39)53(6)33-51(3,4)35-55(53,8)57(49)43-17-13-10-14-18-43/h9-26,28-31H,27,32-35H2,1-8H3. The molecule has 0 amide bonds. The maximum atomic E-state index is 2.67. The maximum Gasteiger partial charge on any atom is 0.0523 e. The van der Waals surface area contributed by atoms with Crippen LogP contribution in [0.1, 0.15) is 103 Å². The van der Waals surface area contributed by atoms with E-state index in [1.165, 1.54) is 104 Å². The number of rotatable bonds is 4. The Labute approximate surface area is 340 Å². The predicted octanol–water partition coefficient (Wildman–Crippen LogP) is 14.6. The molecule has 2 aliphatic heterocycles. The first-order chi connectivity index (χ1) is 27.1. The molecule has 0 aromatic heterocycles. The van der Waals surface area contributed by atoms with E-state index in [-0.39, 0.29) is 32.7 Å². The van der Waals surface area contributed by atoms with Gasteiger partial charge in [-0.3, -0.25) is 0 Å². The van der Waals surface area contributed by atoms with Gasteiger partial charge in [0.1, 0.15) is 0 Å². The molecule has 2 saturated carbocycles. The Morgan fingerprint density at radius 2 is 0.754 bits per heavy atom. The van der Waals surface area contributed by atoms with Crippen molar-refractivity contribution in [1.29, 1.82) is 0 Å². The minimum atomic E-state index is 0.00743. The molecule has 5 aliphatic rings. The second-order valence-corrected chi connectivity index (χ2v) is 21.0. The summed E-state index contributed by atoms with van der Waals surface area (Å²) >= 11 is 0. The van der Waals surface area contributed by atoms with E-state index in [0.29, 0.717) is 0 Å². The first kappa shape index (κ1) is 35.1. The van der Waals surface area contributed by atoms with Gasteiger partial charge in [0.2, 0.25) is 0 Å². The van der Waals surface area contributed by atoms with Crippen LogP contribution in [-0.2, 0) is 17.3 Å². The average Bonchev–Trinajstić information content (AvgIpc) is 3.81. The summed E-state index contributed by atoms with van der Waals surface area (Å²) in [7, 11) is 0. The van der Waals surface area contributed by atoms with Gasteiger partial charge in [-0.05, 0) is 173 Å². The fourth-order valence-electron chi connectivity index (χ4n) is 13.9. The second-order valence-electron chi connectivity index (χ2n) is 21.0. The van der Waals surface area contributed by atoms with Crippen LogP contribution in [0.25, 0.3) is 33.4 Å². The zero-order valence-corrected chi connectivity index (χ0v) is 35.1. The quantitative estimate of drug-likeness (QED) is 0.177. The molecule has 2 heterocycles. The third-order valence-electron chi connectivity index (χ3n) is 15.9. The van der Waals surface area contributed by atoms with Crippen molar-refractivity contribution in [3.63, 3.8) is 0 Å². The van der Waals surface area contributed by atoms with Crippen molar-refractivity contribution in [2.24, 2.45) is 10.8 Å². The molecule has 0 bridgehead atoms. The molecule has 3 aliphatic carbocycles. The van der Waals surface area contributed by atoms with E-state index in [9.17, 15) is 0 Å². The van der Waals surface area contributed by atoms with Crippen LogP contribution in [0.3, 0.4) is 0 Å². The summed E-state index contributed by atoms with van der Waals surface area (Å²) in [6.45, 7) is 20.0. The van der Waals surface area contributed by atoms with Gasteiger partial charge < -0.3 is 9.80 Å². The van der Waals surface area contributed by atoms with Crippen LogP contribution in [0.2, 0.25) is 0 Å². The lowest BCUT2D eigenvalue weighted by atomic mass is 9.71. The lowest BCUT2D eigenvalue weighted by Gasteiger charge is -2.42. The molecule has 0 N–H and O–H groups in total. The molecule has 0 saturated heterocycles. The van der Waals surface area contributed by atoms with Crippen LogP contribution in [0.5, 0.6) is 0 Å². The first-order valence-corrected chi connectivity index (χ1v) is 21.4. The average molecular weight is 745 g/mol. The topological polar surface area (TPSA) is 6.48 Å². The van der Waals surface area contributed by atoms with Crippen LogP contribution in [0.4, 0.5) is 22.7 Å². The van der Waals surface area contributed by atoms with Gasteiger partial charge in [-0.1, -0.05) is 114 Å². The summed E-state index contributed by atoms with van der Waals surface area (Å²) in [5.74, 6) is 0. The smallest absolute Gasteiger partial charge is 0.0523 e. The highest BCUT2D eigenvalue weighted by Crippen LogP contribution is 2.68. The highest BCUT2D eigenvalue weighted by molar-refractivity contribution is 5.88. The number of nitrogens with zero attached hydrogens (tertiary/aromatic N) is 2. The molecule has 286 valence electrons. The molecule has 6 aromatic carbocycles. The van der Waals surface area contributed by atoms with Gasteiger partial charge in [-0.2, -0.15) is 0 Å².